The van der Waals surface area contributed by atoms with Gasteiger partial charge in [0.2, 0.25) is 0 Å². The van der Waals surface area contributed by atoms with Gasteiger partial charge in [-0.15, -0.1) is 0 Å². The van der Waals surface area contributed by atoms with Crippen molar-refractivity contribution < 1.29 is 28.1 Å². The molecule has 3 rings (SSSR count). The van der Waals surface area contributed by atoms with Crippen LogP contribution in [0.25, 0.3) is 0 Å². The number of fused-ring (bicyclic) bond motifs is 1. The summed E-state index contributed by atoms with van der Waals surface area (Å²) >= 11 is 6.07. The summed E-state index contributed by atoms with van der Waals surface area (Å²) in [6.07, 6.45) is 0.934. The van der Waals surface area contributed by atoms with Crippen LogP contribution in [-0.2, 0) is 27.0 Å². The average Bonchev–Trinajstić information content (AvgIpc) is 3.24. The first-order valence-electron chi connectivity index (χ1n) is 7.82. The summed E-state index contributed by atoms with van der Waals surface area (Å²) in [6.45, 7) is -0.0516. The zero-order valence-electron chi connectivity index (χ0n) is 14.2. The average molecular weight is 435 g/mol. The Balaban J connectivity index is 1.46. The van der Waals surface area contributed by atoms with Crippen LogP contribution in [0.15, 0.2) is 27.9 Å². The van der Waals surface area contributed by atoms with Crippen LogP contribution >= 0.6 is 19.2 Å². The van der Waals surface area contributed by atoms with Gasteiger partial charge in [0.15, 0.2) is 17.3 Å². The van der Waals surface area contributed by atoms with Crippen molar-refractivity contribution in [3.63, 3.8) is 0 Å². The van der Waals surface area contributed by atoms with Crippen LogP contribution in [0.3, 0.4) is 0 Å². The highest BCUT2D eigenvalue weighted by Crippen LogP contribution is 2.43. The molecule has 28 heavy (non-hydrogen) atoms. The van der Waals surface area contributed by atoms with E-state index in [9.17, 15) is 19.6 Å². The number of rotatable bonds is 9. The Morgan fingerprint density at radius 3 is 3.04 bits per heavy atom. The number of nitrogens with two attached hydrogens (primary N) is 1. The van der Waals surface area contributed by atoms with Gasteiger partial charge >= 0.3 is 13.5 Å². The van der Waals surface area contributed by atoms with Gasteiger partial charge in [-0.3, -0.25) is 19.2 Å². The SMILES string of the molecule is NC1=Nc2c(ncn2CCOCP(=O)(O)OCc2ccc([N+](=O)[O-])o2)C(Cl)N1. The molecule has 2 aromatic heterocycles. The molecule has 0 aliphatic carbocycles. The molecule has 0 saturated carbocycles. The zero-order valence-corrected chi connectivity index (χ0v) is 15.9. The molecule has 2 unspecified atom stereocenters. The van der Waals surface area contributed by atoms with E-state index in [2.05, 4.69) is 15.3 Å². The first-order valence-corrected chi connectivity index (χ1v) is 10.0. The third kappa shape index (κ3) is 4.88. The van der Waals surface area contributed by atoms with Gasteiger partial charge in [0.25, 0.3) is 0 Å². The van der Waals surface area contributed by atoms with Gasteiger partial charge in [0.05, 0.1) is 19.0 Å². The highest BCUT2D eigenvalue weighted by molar-refractivity contribution is 7.52. The summed E-state index contributed by atoms with van der Waals surface area (Å²) in [4.78, 5) is 27.8. The molecular formula is C13H16ClN6O7P. The first-order chi connectivity index (χ1) is 13.2. The lowest BCUT2D eigenvalue weighted by Gasteiger charge is -2.17. The number of ether oxygens (including phenoxy) is 1. The highest BCUT2D eigenvalue weighted by atomic mass is 35.5. The third-order valence-corrected chi connectivity index (χ3v) is 4.90. The molecule has 0 fully saturated rings. The molecule has 0 saturated heterocycles. The van der Waals surface area contributed by atoms with E-state index in [0.29, 0.717) is 11.5 Å². The molecule has 1 aliphatic heterocycles. The second kappa shape index (κ2) is 8.29. The number of imidazole rings is 1. The second-order valence-corrected chi connectivity index (χ2v) is 7.82. The Labute approximate surface area is 162 Å². The fourth-order valence-corrected chi connectivity index (χ4v) is 3.32. The van der Waals surface area contributed by atoms with Gasteiger partial charge in [-0.1, -0.05) is 11.6 Å². The van der Waals surface area contributed by atoms with Crippen LogP contribution < -0.4 is 11.1 Å². The number of nitrogens with one attached hydrogen (secondary N) is 1. The third-order valence-electron chi connectivity index (χ3n) is 3.55. The van der Waals surface area contributed by atoms with Crippen LogP contribution in [-0.4, -0.2) is 38.3 Å². The topological polar surface area (TPSA) is 180 Å². The van der Waals surface area contributed by atoms with E-state index in [1.807, 2.05) is 0 Å². The second-order valence-electron chi connectivity index (χ2n) is 5.60. The molecule has 2 aromatic rings. The minimum atomic E-state index is -4.08. The maximum absolute atomic E-state index is 12.0. The van der Waals surface area contributed by atoms with Crippen molar-refractivity contribution in [2.75, 3.05) is 13.0 Å². The number of alkyl halides is 1. The first kappa shape index (κ1) is 20.3. The molecule has 15 heteroatoms. The van der Waals surface area contributed by atoms with Crippen LogP contribution in [0, 0.1) is 10.1 Å². The van der Waals surface area contributed by atoms with Gasteiger partial charge in [-0.25, -0.2) is 4.98 Å². The molecule has 0 bridgehead atoms. The number of nitro groups is 1. The summed E-state index contributed by atoms with van der Waals surface area (Å²) in [5.74, 6) is 0.193. The van der Waals surface area contributed by atoms with E-state index in [1.165, 1.54) is 12.4 Å². The number of furan rings is 1. The van der Waals surface area contributed by atoms with E-state index >= 15 is 0 Å². The van der Waals surface area contributed by atoms with Gasteiger partial charge < -0.3 is 29.7 Å². The van der Waals surface area contributed by atoms with E-state index < -0.39 is 36.9 Å². The number of nitrogens with zero attached hydrogens (tertiary/aromatic N) is 4. The van der Waals surface area contributed by atoms with E-state index in [-0.39, 0.29) is 24.9 Å². The fraction of sp³-hybridized carbons (Fsp3) is 0.385. The smallest absolute Gasteiger partial charge is 0.403 e. The van der Waals surface area contributed by atoms with E-state index in [0.717, 1.165) is 6.07 Å². The maximum atomic E-state index is 12.0. The standard InChI is InChI=1S/C13H16ClN6O7P/c14-11-10-12(18-13(15)17-11)19(6-16-10)3-4-25-7-28(23,24)26-5-8-1-2-9(27-8)20(21)22/h1-2,6,11H,3-5,7H2,(H,23,24)(H3,15,17,18). The summed E-state index contributed by atoms with van der Waals surface area (Å²) in [6, 6.07) is 2.41. The van der Waals surface area contributed by atoms with Crippen molar-refractivity contribution in [3.05, 3.63) is 40.0 Å². The lowest BCUT2D eigenvalue weighted by Crippen LogP contribution is -2.35. The molecule has 152 valence electrons. The largest absolute Gasteiger partial charge is 0.433 e. The Kier molecular flexibility index (Phi) is 6.01. The normalized spacial score (nSPS) is 18.1. The molecule has 0 radical (unpaired) electrons. The monoisotopic (exact) mass is 434 g/mol. The minimum absolute atomic E-state index is 0.0470. The predicted molar refractivity (Wildman–Crippen MR) is 96.0 cm³/mol. The summed E-state index contributed by atoms with van der Waals surface area (Å²) < 4.78 is 28.5. The molecule has 13 nitrogen and oxygen atoms in total. The summed E-state index contributed by atoms with van der Waals surface area (Å²) in [5, 5.41) is 13.3. The van der Waals surface area contributed by atoms with E-state index in [1.54, 1.807) is 4.57 Å². The quantitative estimate of drug-likeness (QED) is 0.131. The van der Waals surface area contributed by atoms with E-state index in [4.69, 9.17) is 31.0 Å². The number of hydrogen-bond donors (Lipinski definition) is 3. The lowest BCUT2D eigenvalue weighted by molar-refractivity contribution is -0.402. The van der Waals surface area contributed by atoms with Crippen molar-refractivity contribution in [2.24, 2.45) is 10.7 Å². The molecule has 3 heterocycles. The Bertz CT molecular complexity index is 944. The highest BCUT2D eigenvalue weighted by Gasteiger charge is 2.24. The van der Waals surface area contributed by atoms with Crippen molar-refractivity contribution in [1.29, 1.82) is 0 Å². The van der Waals surface area contributed by atoms with Crippen molar-refractivity contribution >= 4 is 36.9 Å². The van der Waals surface area contributed by atoms with Gasteiger partial charge in [-0.2, -0.15) is 4.99 Å². The predicted octanol–water partition coefficient (Wildman–Crippen LogP) is 1.55. The van der Waals surface area contributed by atoms with Crippen molar-refractivity contribution in [2.45, 2.75) is 18.7 Å². The van der Waals surface area contributed by atoms with Gasteiger partial charge in [0, 0.05) is 6.54 Å². The zero-order chi connectivity index (χ0) is 20.3. The lowest BCUT2D eigenvalue weighted by atomic mass is 10.4. The number of halogens is 1. The molecule has 4 N–H and O–H groups in total. The number of aromatic nitrogens is 2. The molecular weight excluding hydrogens is 419 g/mol. The Hall–Kier alpha value is -2.44. The minimum Gasteiger partial charge on any atom is -0.403 e. The summed E-state index contributed by atoms with van der Waals surface area (Å²) in [7, 11) is -4.08. The molecule has 0 aromatic carbocycles. The van der Waals surface area contributed by atoms with Crippen LogP contribution in [0.1, 0.15) is 17.0 Å². The summed E-state index contributed by atoms with van der Waals surface area (Å²) in [5.41, 5.74) is 5.54. The Morgan fingerprint density at radius 2 is 2.32 bits per heavy atom. The molecule has 0 spiro atoms. The van der Waals surface area contributed by atoms with Crippen LogP contribution in [0.2, 0.25) is 0 Å². The van der Waals surface area contributed by atoms with Gasteiger partial charge in [0.1, 0.15) is 29.3 Å². The maximum Gasteiger partial charge on any atom is 0.433 e. The number of guanidine groups is 1. The molecule has 2 atom stereocenters. The van der Waals surface area contributed by atoms with Crippen LogP contribution in [0.5, 0.6) is 0 Å². The number of hydrogen-bond acceptors (Lipinski definition) is 10. The van der Waals surface area contributed by atoms with Gasteiger partial charge in [-0.05, 0) is 6.07 Å². The Morgan fingerprint density at radius 1 is 1.54 bits per heavy atom. The molecule has 1 aliphatic rings. The van der Waals surface area contributed by atoms with Crippen LogP contribution in [0.4, 0.5) is 11.7 Å². The number of aliphatic imine (C=N–C) groups is 1. The fourth-order valence-electron chi connectivity index (χ4n) is 2.29. The van der Waals surface area contributed by atoms with Crippen molar-refractivity contribution in [3.8, 4) is 0 Å². The molecule has 0 amide bonds. The van der Waals surface area contributed by atoms with Crippen molar-refractivity contribution in [1.82, 2.24) is 14.9 Å².